The molecule has 0 radical (unpaired) electrons. The number of carbonyl (C=O) groups is 1. The first-order valence-electron chi connectivity index (χ1n) is 12.7. The molecule has 32 heavy (non-hydrogen) atoms. The third kappa shape index (κ3) is 5.30. The van der Waals surface area contributed by atoms with E-state index in [-0.39, 0.29) is 34.9 Å². The van der Waals surface area contributed by atoms with Gasteiger partial charge in [0, 0.05) is 5.92 Å². The molecule has 3 N–H and O–H groups in total. The normalized spacial score (nSPS) is 42.3. The van der Waals surface area contributed by atoms with Gasteiger partial charge in [0.1, 0.15) is 5.78 Å². The fraction of sp³-hybridized carbons (Fsp3) is 0.885. The Morgan fingerprint density at radius 2 is 1.81 bits per heavy atom. The third-order valence-electron chi connectivity index (χ3n) is 8.66. The molecule has 0 amide bonds. The summed E-state index contributed by atoms with van der Waals surface area (Å²) < 4.78 is 14.4. The molecule has 4 aliphatic carbocycles. The fourth-order valence-corrected chi connectivity index (χ4v) is 7.86. The fourth-order valence-electron chi connectivity index (χ4n) is 7.57. The van der Waals surface area contributed by atoms with E-state index in [4.69, 9.17) is 8.74 Å². The molecule has 6 heteroatoms. The highest BCUT2D eigenvalue weighted by Gasteiger charge is 2.62. The van der Waals surface area contributed by atoms with Crippen molar-refractivity contribution in [3.05, 3.63) is 11.6 Å². The van der Waals surface area contributed by atoms with Gasteiger partial charge >= 0.3 is 0 Å². The van der Waals surface area contributed by atoms with Gasteiger partial charge in [-0.3, -0.25) is 8.98 Å². The lowest BCUT2D eigenvalue weighted by Crippen LogP contribution is -3.02. The van der Waals surface area contributed by atoms with Crippen LogP contribution in [-0.4, -0.2) is 48.8 Å². The van der Waals surface area contributed by atoms with Crippen LogP contribution in [0.1, 0.15) is 79.6 Å². The van der Waals surface area contributed by atoms with E-state index >= 15 is 0 Å². The Labute approximate surface area is 200 Å². The van der Waals surface area contributed by atoms with E-state index in [2.05, 4.69) is 41.1 Å². The maximum atomic E-state index is 12.2. The highest BCUT2D eigenvalue weighted by Crippen LogP contribution is 2.66. The highest BCUT2D eigenvalue weighted by molar-refractivity contribution is 7.88. The van der Waals surface area contributed by atoms with E-state index in [0.717, 1.165) is 44.9 Å². The van der Waals surface area contributed by atoms with Gasteiger partial charge in [0.15, 0.2) is 12.3 Å². The number of Topliss-reactive ketones (excluding diaryl/α,β-unsaturated/α-hetero) is 1. The number of hydrogen-bond acceptors (Lipinski definition) is 5. The molecule has 0 heterocycles. The van der Waals surface area contributed by atoms with E-state index in [9.17, 15) is 9.90 Å². The number of ketones is 1. The molecule has 0 aromatic heterocycles. The van der Waals surface area contributed by atoms with Crippen molar-refractivity contribution in [2.75, 3.05) is 21.1 Å². The van der Waals surface area contributed by atoms with Gasteiger partial charge in [-0.05, 0) is 80.5 Å². The highest BCUT2D eigenvalue weighted by atomic mass is 32.2. The second-order valence-electron chi connectivity index (χ2n) is 11.2. The third-order valence-corrected chi connectivity index (χ3v) is 9.02. The molecule has 5 nitrogen and oxygen atoms in total. The largest absolute Gasteiger partial charge is 0.393 e. The summed E-state index contributed by atoms with van der Waals surface area (Å²) in [5, 5.41) is 11.3. The monoisotopic (exact) mass is 470 g/mol. The number of rotatable bonds is 3. The average Bonchev–Trinajstić information content (AvgIpc) is 3.06. The van der Waals surface area contributed by atoms with Crippen LogP contribution in [0.2, 0.25) is 0 Å². The van der Waals surface area contributed by atoms with Gasteiger partial charge in [-0.25, -0.2) is 0 Å². The zero-order valence-corrected chi connectivity index (χ0v) is 22.4. The van der Waals surface area contributed by atoms with Crippen molar-refractivity contribution in [2.45, 2.75) is 91.8 Å². The van der Waals surface area contributed by atoms with Crippen LogP contribution < -0.4 is 4.90 Å². The SMILES string of the molecule is CC.CC(=O)C1CCC2C3CC=C4CC(OSO)CCC4(C)C3C(O)CC12C.C[NH+](C)C. The quantitative estimate of drug-likeness (QED) is 0.421. The lowest BCUT2D eigenvalue weighted by atomic mass is 9.46. The van der Waals surface area contributed by atoms with E-state index in [0.29, 0.717) is 29.9 Å². The van der Waals surface area contributed by atoms with Crippen LogP contribution >= 0.6 is 12.3 Å². The maximum Gasteiger partial charge on any atom is 0.155 e. The Hall–Kier alpha value is -0.400. The van der Waals surface area contributed by atoms with Crippen molar-refractivity contribution in [2.24, 2.45) is 34.5 Å². The van der Waals surface area contributed by atoms with Crippen LogP contribution in [0.3, 0.4) is 0 Å². The minimum atomic E-state index is -0.334. The number of carbonyl (C=O) groups excluding carboxylic acids is 1. The molecule has 0 spiro atoms. The lowest BCUT2D eigenvalue weighted by Gasteiger charge is -2.59. The molecule has 3 saturated carbocycles. The zero-order chi connectivity index (χ0) is 24.3. The first-order valence-corrected chi connectivity index (χ1v) is 13.4. The summed E-state index contributed by atoms with van der Waals surface area (Å²) in [5.74, 6) is 1.73. The molecule has 8 unspecified atom stereocenters. The summed E-state index contributed by atoms with van der Waals surface area (Å²) in [6.07, 6.45) is 8.81. The number of aliphatic hydroxyl groups excluding tert-OH is 1. The van der Waals surface area contributed by atoms with Crippen molar-refractivity contribution >= 4 is 18.1 Å². The molecule has 186 valence electrons. The van der Waals surface area contributed by atoms with Crippen LogP contribution in [-0.2, 0) is 8.98 Å². The molecule has 0 bridgehead atoms. The van der Waals surface area contributed by atoms with Crippen molar-refractivity contribution < 1.29 is 23.5 Å². The molecule has 0 saturated heterocycles. The summed E-state index contributed by atoms with van der Waals surface area (Å²) in [6.45, 7) is 10.3. The minimum absolute atomic E-state index is 0.0257. The number of allylic oxidation sites excluding steroid dienone is 1. The molecule has 4 rings (SSSR count). The number of aliphatic hydroxyl groups is 1. The van der Waals surface area contributed by atoms with Gasteiger partial charge in [0.25, 0.3) is 0 Å². The van der Waals surface area contributed by atoms with Crippen LogP contribution in [0.4, 0.5) is 0 Å². The molecule has 0 aromatic rings. The number of nitrogens with one attached hydrogen (secondary N) is 1. The number of quaternary nitrogens is 1. The van der Waals surface area contributed by atoms with Crippen LogP contribution in [0, 0.1) is 34.5 Å². The van der Waals surface area contributed by atoms with Crippen LogP contribution in [0.25, 0.3) is 0 Å². The van der Waals surface area contributed by atoms with Gasteiger partial charge in [0.2, 0.25) is 0 Å². The van der Waals surface area contributed by atoms with Crippen molar-refractivity contribution in [1.29, 1.82) is 0 Å². The number of fused-ring (bicyclic) bond motifs is 5. The minimum Gasteiger partial charge on any atom is -0.393 e. The molecular weight excluding hydrogens is 422 g/mol. The number of hydrogen-bond donors (Lipinski definition) is 3. The van der Waals surface area contributed by atoms with Crippen LogP contribution in [0.15, 0.2) is 11.6 Å². The lowest BCUT2D eigenvalue weighted by molar-refractivity contribution is -0.836. The van der Waals surface area contributed by atoms with E-state index < -0.39 is 0 Å². The molecular formula is C26H48NO4S+. The molecule has 0 aromatic carbocycles. The average molecular weight is 471 g/mol. The molecule has 4 aliphatic rings. The van der Waals surface area contributed by atoms with E-state index in [1.165, 1.54) is 10.5 Å². The topological polar surface area (TPSA) is 71.2 Å². The van der Waals surface area contributed by atoms with Gasteiger partial charge in [-0.15, -0.1) is 0 Å². The summed E-state index contributed by atoms with van der Waals surface area (Å²) in [7, 11) is 6.25. The van der Waals surface area contributed by atoms with Gasteiger partial charge in [0.05, 0.1) is 33.4 Å². The van der Waals surface area contributed by atoms with Crippen molar-refractivity contribution in [1.82, 2.24) is 0 Å². The summed E-state index contributed by atoms with van der Waals surface area (Å²) in [4.78, 5) is 13.6. The van der Waals surface area contributed by atoms with Gasteiger partial charge in [-0.1, -0.05) is 39.3 Å². The zero-order valence-electron chi connectivity index (χ0n) is 21.6. The Morgan fingerprint density at radius 1 is 1.19 bits per heavy atom. The Bertz CT molecular complexity index is 665. The predicted molar refractivity (Wildman–Crippen MR) is 132 cm³/mol. The predicted octanol–water partition coefficient (Wildman–Crippen LogP) is 4.42. The van der Waals surface area contributed by atoms with E-state index in [1.807, 2.05) is 13.8 Å². The summed E-state index contributed by atoms with van der Waals surface area (Å²) in [6, 6.07) is 0. The second-order valence-corrected chi connectivity index (χ2v) is 11.6. The second kappa shape index (κ2) is 11.4. The van der Waals surface area contributed by atoms with Gasteiger partial charge < -0.3 is 14.6 Å². The first kappa shape index (κ1) is 27.8. The van der Waals surface area contributed by atoms with E-state index in [1.54, 1.807) is 6.92 Å². The van der Waals surface area contributed by atoms with Gasteiger partial charge in [-0.2, -0.15) is 0 Å². The smallest absolute Gasteiger partial charge is 0.155 e. The standard InChI is InChI=1S/C21H32O4S.C3H9N.C2H6/c1-12(22)16-6-7-17-15-5-4-13-10-14(25-26-24)8-9-20(13,2)19(15)18(23)11-21(16,17)3;1-4(2)3;1-2/h4,14-19,23-24H,5-11H2,1-3H3;1-3H3;1-2H3/p+1. The Morgan fingerprint density at radius 3 is 2.38 bits per heavy atom. The summed E-state index contributed by atoms with van der Waals surface area (Å²) in [5.41, 5.74) is 1.40. The van der Waals surface area contributed by atoms with Crippen LogP contribution in [0.5, 0.6) is 0 Å². The molecule has 0 aliphatic heterocycles. The maximum absolute atomic E-state index is 12.2. The molecule has 8 atom stereocenters. The summed E-state index contributed by atoms with van der Waals surface area (Å²) >= 11 is 0.476. The van der Waals surface area contributed by atoms with Crippen molar-refractivity contribution in [3.8, 4) is 0 Å². The first-order chi connectivity index (χ1) is 15.0. The van der Waals surface area contributed by atoms with Crippen molar-refractivity contribution in [3.63, 3.8) is 0 Å². The Balaban J connectivity index is 0.000000547. The molecule has 3 fully saturated rings. The Kier molecular flexibility index (Phi) is 9.88.